The smallest absolute Gasteiger partial charge is 0.325 e. The number of amides is 8. The van der Waals surface area contributed by atoms with Gasteiger partial charge in [0.15, 0.2) is 0 Å². The first kappa shape index (κ1) is 74.5. The van der Waals surface area contributed by atoms with Crippen molar-refractivity contribution >= 4 is 53.2 Å². The Kier molecular flexibility index (Phi) is 45.0. The van der Waals surface area contributed by atoms with Crippen molar-refractivity contribution in [2.75, 3.05) is 79.0 Å². The van der Waals surface area contributed by atoms with Crippen molar-refractivity contribution in [3.63, 3.8) is 0 Å². The lowest BCUT2D eigenvalue weighted by atomic mass is 10.0. The number of ether oxygens (including phenoxy) is 1. The van der Waals surface area contributed by atoms with E-state index < -0.39 is 79.5 Å². The molecule has 1 aliphatic rings. The summed E-state index contributed by atoms with van der Waals surface area (Å²) in [6, 6.07) is 8.15. The average Bonchev–Trinajstić information content (AvgIpc) is 4.03. The van der Waals surface area contributed by atoms with Crippen LogP contribution in [-0.4, -0.2) is 153 Å². The average molecular weight is 1180 g/mol. The lowest BCUT2D eigenvalue weighted by Gasteiger charge is -2.25. The Hall–Kier alpha value is -5.59. The van der Waals surface area contributed by atoms with Crippen LogP contribution >= 0.6 is 0 Å². The standard InChI is InChI=1S/C65H113N9O10/c1-4-6-8-10-12-14-16-18-20-22-24-26-28-30-32-37-43-73(44-38-33-31-29-27-25-23-21-19-17-15-13-11-9-7-5-2)63(81)53-72(3)52-61(79)68-48-57(75)66-46-58(76)69-50-62(80)74-45-39-42-56(74)65(83)71-49-60(78)67-47-59(77)70-51-64(82)84-54-55-40-35-34-36-41-55/h34-36,40-41,56H,4-33,37-39,42-54H2,1-3H3,(H,66,75)(H,67,78)(H,68,79)(H,69,76)(H,70,77)(H,71,83)/t56-/m0/s1. The number of esters is 1. The van der Waals surface area contributed by atoms with E-state index in [0.29, 0.717) is 25.9 Å². The van der Waals surface area contributed by atoms with Crippen molar-refractivity contribution in [3.8, 4) is 0 Å². The number of nitrogens with zero attached hydrogens (tertiary/aromatic N) is 3. The molecule has 1 aliphatic heterocycles. The Balaban J connectivity index is 1.66. The van der Waals surface area contributed by atoms with Gasteiger partial charge in [0.2, 0.25) is 47.3 Å². The summed E-state index contributed by atoms with van der Waals surface area (Å²) in [6.07, 6.45) is 42.2. The van der Waals surface area contributed by atoms with E-state index in [-0.39, 0.29) is 45.2 Å². The molecule has 1 aromatic carbocycles. The van der Waals surface area contributed by atoms with E-state index in [0.717, 1.165) is 31.2 Å². The number of likely N-dealkylation sites (N-methyl/N-ethyl adjacent to an activating group) is 1. The molecule has 0 spiro atoms. The van der Waals surface area contributed by atoms with Crippen LogP contribution in [0.4, 0.5) is 0 Å². The second kappa shape index (κ2) is 50.7. The first-order valence-electron chi connectivity index (χ1n) is 32.9. The van der Waals surface area contributed by atoms with Crippen molar-refractivity contribution in [1.29, 1.82) is 0 Å². The van der Waals surface area contributed by atoms with E-state index in [4.69, 9.17) is 4.74 Å². The molecule has 1 saturated heterocycles. The fraction of sp³-hybridized carbons (Fsp3) is 0.769. The highest BCUT2D eigenvalue weighted by Gasteiger charge is 2.34. The molecule has 84 heavy (non-hydrogen) atoms. The van der Waals surface area contributed by atoms with E-state index in [1.807, 2.05) is 23.1 Å². The van der Waals surface area contributed by atoms with E-state index in [2.05, 4.69) is 45.7 Å². The normalized spacial score (nSPS) is 12.9. The van der Waals surface area contributed by atoms with Gasteiger partial charge in [0.1, 0.15) is 19.2 Å². The molecule has 8 amide bonds. The summed E-state index contributed by atoms with van der Waals surface area (Å²) in [5.41, 5.74) is 0.791. The largest absolute Gasteiger partial charge is 0.460 e. The van der Waals surface area contributed by atoms with Crippen molar-refractivity contribution in [1.82, 2.24) is 46.6 Å². The number of hydrogen-bond donors (Lipinski definition) is 6. The van der Waals surface area contributed by atoms with Crippen LogP contribution in [0.1, 0.15) is 238 Å². The first-order valence-corrected chi connectivity index (χ1v) is 32.9. The minimum atomic E-state index is -0.881. The molecular weight excluding hydrogens is 1070 g/mol. The Morgan fingerprint density at radius 2 is 0.821 bits per heavy atom. The minimum Gasteiger partial charge on any atom is -0.460 e. The molecule has 0 aromatic heterocycles. The molecule has 2 rings (SSSR count). The van der Waals surface area contributed by atoms with Gasteiger partial charge in [-0.15, -0.1) is 0 Å². The first-order chi connectivity index (χ1) is 40.8. The van der Waals surface area contributed by atoms with Gasteiger partial charge < -0.3 is 46.4 Å². The molecule has 1 fully saturated rings. The number of carbonyl (C=O) groups is 9. The third-order valence-electron chi connectivity index (χ3n) is 15.5. The summed E-state index contributed by atoms with van der Waals surface area (Å²) < 4.78 is 5.10. The highest BCUT2D eigenvalue weighted by Crippen LogP contribution is 2.19. The minimum absolute atomic E-state index is 0.00320. The molecule has 0 radical (unpaired) electrons. The van der Waals surface area contributed by atoms with Crippen LogP contribution in [0, 0.1) is 0 Å². The summed E-state index contributed by atoms with van der Waals surface area (Å²) >= 11 is 0. The quantitative estimate of drug-likeness (QED) is 0.0266. The number of nitrogens with one attached hydrogen (secondary N) is 6. The van der Waals surface area contributed by atoms with Crippen molar-refractivity contribution in [3.05, 3.63) is 35.9 Å². The molecule has 1 aromatic rings. The second-order valence-corrected chi connectivity index (χ2v) is 23.2. The summed E-state index contributed by atoms with van der Waals surface area (Å²) in [5.74, 6) is -4.79. The topological polar surface area (TPSA) is 245 Å². The van der Waals surface area contributed by atoms with Crippen LogP contribution in [0.15, 0.2) is 30.3 Å². The number of hydrogen-bond acceptors (Lipinski definition) is 11. The molecule has 478 valence electrons. The molecule has 0 saturated carbocycles. The molecule has 0 unspecified atom stereocenters. The third kappa shape index (κ3) is 40.6. The van der Waals surface area contributed by atoms with Crippen LogP contribution in [0.2, 0.25) is 0 Å². The van der Waals surface area contributed by atoms with Gasteiger partial charge in [-0.25, -0.2) is 0 Å². The molecule has 0 bridgehead atoms. The van der Waals surface area contributed by atoms with Crippen LogP contribution in [0.25, 0.3) is 0 Å². The Labute approximate surface area is 505 Å². The van der Waals surface area contributed by atoms with Gasteiger partial charge in [-0.2, -0.15) is 0 Å². The molecule has 19 heteroatoms. The lowest BCUT2D eigenvalue weighted by molar-refractivity contribution is -0.145. The highest BCUT2D eigenvalue weighted by atomic mass is 16.5. The van der Waals surface area contributed by atoms with Crippen LogP contribution in [-0.2, 0) is 54.5 Å². The van der Waals surface area contributed by atoms with Gasteiger partial charge in [0.05, 0.1) is 45.8 Å². The van der Waals surface area contributed by atoms with Crippen molar-refractivity contribution in [2.45, 2.75) is 245 Å². The predicted molar refractivity (Wildman–Crippen MR) is 332 cm³/mol. The van der Waals surface area contributed by atoms with Crippen molar-refractivity contribution < 1.29 is 47.9 Å². The van der Waals surface area contributed by atoms with E-state index in [1.54, 1.807) is 24.1 Å². The zero-order valence-electron chi connectivity index (χ0n) is 52.4. The maximum atomic E-state index is 13.7. The van der Waals surface area contributed by atoms with E-state index in [1.165, 1.54) is 185 Å². The van der Waals surface area contributed by atoms with Crippen molar-refractivity contribution in [2.24, 2.45) is 0 Å². The van der Waals surface area contributed by atoms with E-state index >= 15 is 0 Å². The predicted octanol–water partition coefficient (Wildman–Crippen LogP) is 8.70. The molecule has 1 heterocycles. The molecular formula is C65H113N9O10. The summed E-state index contributed by atoms with van der Waals surface area (Å²) in [5, 5.41) is 14.6. The summed E-state index contributed by atoms with van der Waals surface area (Å²) in [4.78, 5) is 119. The Bertz CT molecular complexity index is 1940. The van der Waals surface area contributed by atoms with Gasteiger partial charge in [0.25, 0.3) is 0 Å². The zero-order valence-corrected chi connectivity index (χ0v) is 52.4. The number of likely N-dealkylation sites (tertiary alicyclic amines) is 1. The van der Waals surface area contributed by atoms with E-state index in [9.17, 15) is 43.2 Å². The monoisotopic (exact) mass is 1180 g/mol. The van der Waals surface area contributed by atoms with Crippen LogP contribution in [0.3, 0.4) is 0 Å². The maximum absolute atomic E-state index is 13.7. The number of benzene rings is 1. The lowest BCUT2D eigenvalue weighted by Crippen LogP contribution is -2.51. The van der Waals surface area contributed by atoms with Gasteiger partial charge in [-0.1, -0.05) is 237 Å². The maximum Gasteiger partial charge on any atom is 0.325 e. The van der Waals surface area contributed by atoms with Gasteiger partial charge in [-0.05, 0) is 38.3 Å². The SMILES string of the molecule is CCCCCCCCCCCCCCCCCCN(CCCCCCCCCCCCCCCCCC)C(=O)CN(C)CC(=O)NCC(=O)NCC(=O)NCC(=O)N1CCC[C@H]1C(=O)NCC(=O)NCC(=O)NCC(=O)OCc1ccccc1. The van der Waals surface area contributed by atoms with Gasteiger partial charge >= 0.3 is 5.97 Å². The van der Waals surface area contributed by atoms with Crippen LogP contribution < -0.4 is 31.9 Å². The zero-order chi connectivity index (χ0) is 61.1. The fourth-order valence-corrected chi connectivity index (χ4v) is 10.4. The fourth-order valence-electron chi connectivity index (χ4n) is 10.4. The van der Waals surface area contributed by atoms with Gasteiger partial charge in [-0.3, -0.25) is 48.1 Å². The summed E-state index contributed by atoms with van der Waals surface area (Å²) in [7, 11) is 1.71. The number of carbonyl (C=O) groups excluding carboxylic acids is 9. The molecule has 19 nitrogen and oxygen atoms in total. The third-order valence-corrected chi connectivity index (χ3v) is 15.5. The number of unbranched alkanes of at least 4 members (excludes halogenated alkanes) is 30. The summed E-state index contributed by atoms with van der Waals surface area (Å²) in [6.45, 7) is 3.67. The van der Waals surface area contributed by atoms with Crippen LogP contribution in [0.5, 0.6) is 0 Å². The molecule has 1 atom stereocenters. The second-order valence-electron chi connectivity index (χ2n) is 23.2. The Morgan fingerprint density at radius 1 is 0.452 bits per heavy atom. The molecule has 6 N–H and O–H groups in total. The highest BCUT2D eigenvalue weighted by molar-refractivity contribution is 5.94. The van der Waals surface area contributed by atoms with Gasteiger partial charge in [0, 0.05) is 19.6 Å². The number of rotatable bonds is 53. The molecule has 0 aliphatic carbocycles. The Morgan fingerprint density at radius 3 is 1.25 bits per heavy atom.